The number of hydrogen-bond donors (Lipinski definition) is 1. The maximum atomic E-state index is 12.4. The predicted octanol–water partition coefficient (Wildman–Crippen LogP) is 4.72. The first-order valence-corrected chi connectivity index (χ1v) is 7.66. The third-order valence-corrected chi connectivity index (χ3v) is 5.46. The van der Waals surface area contributed by atoms with Gasteiger partial charge < -0.3 is 5.32 Å². The fourth-order valence-corrected chi connectivity index (χ4v) is 3.57. The molecule has 0 radical (unpaired) electrons. The standard InChI is InChI=1S/C15H14Cl3NO/c1-7-13(9-5-11(17)12(18)6-10(9)16)14(20)19-15(7,2)8-3-4-8/h5-6,8H,3-4H2,1-2H3,(H,19,20). The maximum absolute atomic E-state index is 12.4. The molecule has 1 aromatic carbocycles. The lowest BCUT2D eigenvalue weighted by Gasteiger charge is -2.26. The van der Waals surface area contributed by atoms with Crippen molar-refractivity contribution in [1.29, 1.82) is 0 Å². The highest BCUT2D eigenvalue weighted by molar-refractivity contribution is 6.44. The molecule has 0 aromatic heterocycles. The van der Waals surface area contributed by atoms with Crippen molar-refractivity contribution in [2.45, 2.75) is 32.2 Å². The van der Waals surface area contributed by atoms with Crippen LogP contribution in [0, 0.1) is 5.92 Å². The molecule has 1 unspecified atom stereocenters. The minimum Gasteiger partial charge on any atom is -0.343 e. The van der Waals surface area contributed by atoms with Gasteiger partial charge >= 0.3 is 0 Å². The largest absolute Gasteiger partial charge is 0.343 e. The van der Waals surface area contributed by atoms with Crippen molar-refractivity contribution >= 4 is 46.3 Å². The van der Waals surface area contributed by atoms with E-state index < -0.39 is 0 Å². The number of carbonyl (C=O) groups excluding carboxylic acids is 1. The van der Waals surface area contributed by atoms with E-state index in [0.717, 1.165) is 18.4 Å². The summed E-state index contributed by atoms with van der Waals surface area (Å²) in [6.07, 6.45) is 2.30. The zero-order valence-corrected chi connectivity index (χ0v) is 13.5. The van der Waals surface area contributed by atoms with Gasteiger partial charge in [-0.25, -0.2) is 0 Å². The first-order valence-electron chi connectivity index (χ1n) is 6.53. The fourth-order valence-electron chi connectivity index (χ4n) is 2.93. The third kappa shape index (κ3) is 2.05. The van der Waals surface area contributed by atoms with Crippen LogP contribution in [0.15, 0.2) is 17.7 Å². The average Bonchev–Trinajstić information content (AvgIpc) is 3.16. The highest BCUT2D eigenvalue weighted by Crippen LogP contribution is 2.49. The zero-order valence-electron chi connectivity index (χ0n) is 11.2. The summed E-state index contributed by atoms with van der Waals surface area (Å²) >= 11 is 18.3. The van der Waals surface area contributed by atoms with Crippen LogP contribution in [0.3, 0.4) is 0 Å². The van der Waals surface area contributed by atoms with E-state index in [2.05, 4.69) is 12.2 Å². The Labute approximate surface area is 133 Å². The van der Waals surface area contributed by atoms with Crippen molar-refractivity contribution in [1.82, 2.24) is 5.32 Å². The molecule has 2 aliphatic rings. The number of nitrogens with one attached hydrogen (secondary N) is 1. The normalized spacial score (nSPS) is 26.1. The van der Waals surface area contributed by atoms with Gasteiger partial charge in [0.05, 0.1) is 20.6 Å². The van der Waals surface area contributed by atoms with Crippen LogP contribution in [0.1, 0.15) is 32.3 Å². The van der Waals surface area contributed by atoms with Gasteiger partial charge in [-0.3, -0.25) is 4.79 Å². The molecule has 0 bridgehead atoms. The topological polar surface area (TPSA) is 29.1 Å². The molecular weight excluding hydrogens is 317 g/mol. The highest BCUT2D eigenvalue weighted by Gasteiger charge is 2.49. The molecule has 1 saturated carbocycles. The van der Waals surface area contributed by atoms with Gasteiger partial charge in [0, 0.05) is 11.1 Å². The van der Waals surface area contributed by atoms with Gasteiger partial charge in [-0.15, -0.1) is 0 Å². The monoisotopic (exact) mass is 329 g/mol. The van der Waals surface area contributed by atoms with Gasteiger partial charge in [-0.1, -0.05) is 34.8 Å². The smallest absolute Gasteiger partial charge is 0.252 e. The van der Waals surface area contributed by atoms with Crippen molar-refractivity contribution < 1.29 is 4.79 Å². The van der Waals surface area contributed by atoms with E-state index in [1.54, 1.807) is 12.1 Å². The Kier molecular flexibility index (Phi) is 3.32. The van der Waals surface area contributed by atoms with Gasteiger partial charge in [-0.2, -0.15) is 0 Å². The van der Waals surface area contributed by atoms with Crippen LogP contribution in [-0.2, 0) is 4.79 Å². The lowest BCUT2D eigenvalue weighted by molar-refractivity contribution is -0.116. The lowest BCUT2D eigenvalue weighted by atomic mass is 9.87. The van der Waals surface area contributed by atoms with Crippen molar-refractivity contribution in [2.24, 2.45) is 5.92 Å². The molecule has 1 N–H and O–H groups in total. The fraction of sp³-hybridized carbons (Fsp3) is 0.400. The molecule has 5 heteroatoms. The van der Waals surface area contributed by atoms with Crippen LogP contribution in [0.5, 0.6) is 0 Å². The van der Waals surface area contributed by atoms with Crippen LogP contribution < -0.4 is 5.32 Å². The second-order valence-electron chi connectivity index (χ2n) is 5.68. The Morgan fingerprint density at radius 3 is 2.35 bits per heavy atom. The number of amides is 1. The molecule has 106 valence electrons. The molecule has 0 spiro atoms. The molecule has 1 heterocycles. The summed E-state index contributed by atoms with van der Waals surface area (Å²) in [6.45, 7) is 4.07. The first-order chi connectivity index (χ1) is 9.34. The van der Waals surface area contributed by atoms with E-state index in [9.17, 15) is 4.79 Å². The molecule has 1 amide bonds. The summed E-state index contributed by atoms with van der Waals surface area (Å²) in [5, 5.41) is 4.35. The van der Waals surface area contributed by atoms with Crippen molar-refractivity contribution in [2.75, 3.05) is 0 Å². The van der Waals surface area contributed by atoms with Gasteiger partial charge in [-0.05, 0) is 50.3 Å². The second-order valence-corrected chi connectivity index (χ2v) is 6.90. The molecule has 1 fully saturated rings. The SMILES string of the molecule is CC1=C(c2cc(Cl)c(Cl)cc2Cl)C(=O)NC1(C)C1CC1. The Morgan fingerprint density at radius 2 is 1.75 bits per heavy atom. The molecule has 3 rings (SSSR count). The van der Waals surface area contributed by atoms with Crippen LogP contribution in [0.25, 0.3) is 5.57 Å². The van der Waals surface area contributed by atoms with E-state index in [0.29, 0.717) is 32.1 Å². The van der Waals surface area contributed by atoms with Crippen LogP contribution in [-0.4, -0.2) is 11.4 Å². The van der Waals surface area contributed by atoms with Gasteiger partial charge in [0.15, 0.2) is 0 Å². The van der Waals surface area contributed by atoms with Crippen molar-refractivity contribution in [3.8, 4) is 0 Å². The molecular formula is C15H14Cl3NO. The van der Waals surface area contributed by atoms with E-state index in [4.69, 9.17) is 34.8 Å². The van der Waals surface area contributed by atoms with E-state index >= 15 is 0 Å². The van der Waals surface area contributed by atoms with Crippen LogP contribution >= 0.6 is 34.8 Å². The number of carbonyl (C=O) groups is 1. The van der Waals surface area contributed by atoms with E-state index in [1.807, 2.05) is 6.92 Å². The Hall–Kier alpha value is -0.700. The summed E-state index contributed by atoms with van der Waals surface area (Å²) in [4.78, 5) is 12.4. The third-order valence-electron chi connectivity index (χ3n) is 4.43. The minimum atomic E-state index is -0.262. The van der Waals surface area contributed by atoms with Crippen molar-refractivity contribution in [3.05, 3.63) is 38.3 Å². The van der Waals surface area contributed by atoms with Crippen LogP contribution in [0.2, 0.25) is 15.1 Å². The second kappa shape index (κ2) is 4.66. The quantitative estimate of drug-likeness (QED) is 0.781. The maximum Gasteiger partial charge on any atom is 0.252 e. The van der Waals surface area contributed by atoms with E-state index in [1.165, 1.54) is 0 Å². The Bertz CT molecular complexity index is 649. The van der Waals surface area contributed by atoms with Gasteiger partial charge in [0.1, 0.15) is 0 Å². The number of benzene rings is 1. The van der Waals surface area contributed by atoms with E-state index in [-0.39, 0.29) is 11.4 Å². The van der Waals surface area contributed by atoms with Crippen LogP contribution in [0.4, 0.5) is 0 Å². The molecule has 1 aliphatic carbocycles. The summed E-state index contributed by atoms with van der Waals surface area (Å²) < 4.78 is 0. The summed E-state index contributed by atoms with van der Waals surface area (Å²) in [5.41, 5.74) is 2.05. The van der Waals surface area contributed by atoms with Gasteiger partial charge in [0.25, 0.3) is 5.91 Å². The first kappa shape index (κ1) is 14.2. The summed E-state index contributed by atoms with van der Waals surface area (Å²) in [6, 6.07) is 3.25. The molecule has 1 aromatic rings. The molecule has 1 atom stereocenters. The lowest BCUT2D eigenvalue weighted by Crippen LogP contribution is -2.43. The molecule has 0 saturated heterocycles. The minimum absolute atomic E-state index is 0.0859. The highest BCUT2D eigenvalue weighted by atomic mass is 35.5. The van der Waals surface area contributed by atoms with Gasteiger partial charge in [0.2, 0.25) is 0 Å². The summed E-state index contributed by atoms with van der Waals surface area (Å²) in [5.74, 6) is 0.433. The number of halogens is 3. The Balaban J connectivity index is 2.16. The average molecular weight is 331 g/mol. The molecule has 1 aliphatic heterocycles. The van der Waals surface area contributed by atoms with Crippen molar-refractivity contribution in [3.63, 3.8) is 0 Å². The number of hydrogen-bond acceptors (Lipinski definition) is 1. The predicted molar refractivity (Wildman–Crippen MR) is 83.3 cm³/mol. The number of rotatable bonds is 2. The molecule has 20 heavy (non-hydrogen) atoms. The zero-order chi connectivity index (χ0) is 14.7. The Morgan fingerprint density at radius 1 is 1.15 bits per heavy atom. The summed E-state index contributed by atoms with van der Waals surface area (Å²) in [7, 11) is 0. The molecule has 2 nitrogen and oxygen atoms in total.